The lowest BCUT2D eigenvalue weighted by Crippen LogP contribution is -2.16. The smallest absolute Gasteiger partial charge is 0.335 e. The summed E-state index contributed by atoms with van der Waals surface area (Å²) in [7, 11) is -4.29. The Hall–Kier alpha value is -3.76. The number of rotatable bonds is 7. The van der Waals surface area contributed by atoms with E-state index < -0.39 is 20.9 Å². The molecule has 1 aliphatic rings. The number of hydrogen-bond donors (Lipinski definition) is 3. The maximum absolute atomic E-state index is 12.2. The number of nitrogens with one attached hydrogen (secondary N) is 1. The van der Waals surface area contributed by atoms with Crippen LogP contribution in [-0.2, 0) is 16.6 Å². The van der Waals surface area contributed by atoms with Crippen molar-refractivity contribution < 1.29 is 32.5 Å². The van der Waals surface area contributed by atoms with Crippen LogP contribution in [0, 0.1) is 0 Å². The maximum atomic E-state index is 12.2. The van der Waals surface area contributed by atoms with Crippen molar-refractivity contribution in [2.45, 2.75) is 11.4 Å². The third-order valence-electron chi connectivity index (χ3n) is 4.49. The van der Waals surface area contributed by atoms with Gasteiger partial charge in [-0.25, -0.2) is 18.4 Å². The number of fused-ring (bicyclic) bond motifs is 1. The molecule has 0 fully saturated rings. The Labute approximate surface area is 178 Å². The molecule has 0 spiro atoms. The topological polar surface area (TPSA) is 137 Å². The third kappa shape index (κ3) is 4.55. The van der Waals surface area contributed by atoms with E-state index in [1.165, 1.54) is 6.07 Å². The van der Waals surface area contributed by atoms with Gasteiger partial charge in [-0.15, -0.1) is 0 Å². The molecule has 1 heterocycles. The summed E-state index contributed by atoms with van der Waals surface area (Å²) in [6.45, 7) is 0.370. The summed E-state index contributed by atoms with van der Waals surface area (Å²) in [5.41, 5.74) is 0.705. The number of carboxylic acid groups (broad SMARTS) is 1. The van der Waals surface area contributed by atoms with Crippen LogP contribution in [0.1, 0.15) is 15.9 Å². The molecule has 4 rings (SSSR count). The van der Waals surface area contributed by atoms with Crippen molar-refractivity contribution >= 4 is 21.7 Å². The number of hydrogen-bond acceptors (Lipinski definition) is 7. The summed E-state index contributed by atoms with van der Waals surface area (Å²) >= 11 is 0. The molecule has 0 aromatic heterocycles. The average molecular weight is 442 g/mol. The van der Waals surface area contributed by atoms with Crippen LogP contribution in [0.5, 0.6) is 23.0 Å². The highest BCUT2D eigenvalue weighted by Gasteiger charge is 2.24. The zero-order chi connectivity index (χ0) is 22.0. The van der Waals surface area contributed by atoms with Gasteiger partial charge in [0.2, 0.25) is 16.8 Å². The molecule has 9 nitrogen and oxygen atoms in total. The standard InChI is InChI=1S/C21H18N2O7S/c22-31(26,27)19-10-14(21(24)25)9-16(20(19)30-15-4-2-1-3-5-15)23-11-13-6-7-17-18(8-13)29-12-28-17/h1-10,23H,11-12H2,(H,24,25)(H2,22,26,27). The van der Waals surface area contributed by atoms with Crippen LogP contribution in [0.3, 0.4) is 0 Å². The minimum Gasteiger partial charge on any atom is -0.478 e. The maximum Gasteiger partial charge on any atom is 0.335 e. The average Bonchev–Trinajstić information content (AvgIpc) is 3.20. The fraction of sp³-hybridized carbons (Fsp3) is 0.0952. The highest BCUT2D eigenvalue weighted by atomic mass is 32.2. The second kappa shape index (κ2) is 8.17. The molecule has 3 aromatic rings. The van der Waals surface area contributed by atoms with E-state index >= 15 is 0 Å². The van der Waals surface area contributed by atoms with Gasteiger partial charge in [0, 0.05) is 6.54 Å². The first-order chi connectivity index (χ1) is 14.8. The molecule has 0 saturated carbocycles. The summed E-state index contributed by atoms with van der Waals surface area (Å²) in [6, 6.07) is 16.1. The first-order valence-electron chi connectivity index (χ1n) is 9.11. The molecule has 0 amide bonds. The van der Waals surface area contributed by atoms with Crippen molar-refractivity contribution in [3.8, 4) is 23.0 Å². The van der Waals surface area contributed by atoms with E-state index in [0.717, 1.165) is 11.6 Å². The fourth-order valence-corrected chi connectivity index (χ4v) is 3.73. The molecule has 31 heavy (non-hydrogen) atoms. The van der Waals surface area contributed by atoms with Crippen LogP contribution in [0.4, 0.5) is 5.69 Å². The van der Waals surface area contributed by atoms with E-state index in [-0.39, 0.29) is 30.3 Å². The zero-order valence-corrected chi connectivity index (χ0v) is 16.9. The number of carboxylic acids is 1. The fourth-order valence-electron chi connectivity index (χ4n) is 3.03. The summed E-state index contributed by atoms with van der Waals surface area (Å²) in [6.07, 6.45) is 0. The third-order valence-corrected chi connectivity index (χ3v) is 5.41. The number of aromatic carboxylic acids is 1. The zero-order valence-electron chi connectivity index (χ0n) is 16.1. The van der Waals surface area contributed by atoms with Crippen molar-refractivity contribution in [1.29, 1.82) is 0 Å². The van der Waals surface area contributed by atoms with E-state index in [0.29, 0.717) is 17.2 Å². The van der Waals surface area contributed by atoms with Gasteiger partial charge in [-0.1, -0.05) is 24.3 Å². The number of primary sulfonamides is 1. The van der Waals surface area contributed by atoms with Gasteiger partial charge >= 0.3 is 5.97 Å². The molecule has 1 aliphatic heterocycles. The number of para-hydroxylation sites is 1. The van der Waals surface area contributed by atoms with Crippen molar-refractivity contribution in [2.75, 3.05) is 12.1 Å². The minimum atomic E-state index is -4.29. The molecule has 0 saturated heterocycles. The number of ether oxygens (including phenoxy) is 3. The number of benzene rings is 3. The first kappa shape index (κ1) is 20.5. The molecule has 0 aliphatic carbocycles. The molecular weight excluding hydrogens is 424 g/mol. The number of anilines is 1. The lowest BCUT2D eigenvalue weighted by molar-refractivity contribution is 0.0696. The SMILES string of the molecule is NS(=O)(=O)c1cc(C(=O)O)cc(NCc2ccc3c(c2)OCO3)c1Oc1ccccc1. The largest absolute Gasteiger partial charge is 0.478 e. The molecule has 0 atom stereocenters. The van der Waals surface area contributed by atoms with Crippen molar-refractivity contribution in [3.63, 3.8) is 0 Å². The lowest BCUT2D eigenvalue weighted by atomic mass is 10.1. The monoisotopic (exact) mass is 442 g/mol. The number of carbonyl (C=O) groups is 1. The molecular formula is C21H18N2O7S. The quantitative estimate of drug-likeness (QED) is 0.507. The number of nitrogens with two attached hydrogens (primary N) is 1. The molecule has 0 bridgehead atoms. The molecule has 0 unspecified atom stereocenters. The van der Waals surface area contributed by atoms with E-state index in [4.69, 9.17) is 19.3 Å². The molecule has 160 valence electrons. The van der Waals surface area contributed by atoms with Gasteiger partial charge < -0.3 is 24.6 Å². The summed E-state index contributed by atoms with van der Waals surface area (Å²) in [5, 5.41) is 17.8. The van der Waals surface area contributed by atoms with E-state index in [9.17, 15) is 18.3 Å². The second-order valence-corrected chi connectivity index (χ2v) is 8.19. The van der Waals surface area contributed by atoms with Crippen LogP contribution < -0.4 is 24.7 Å². The van der Waals surface area contributed by atoms with Gasteiger partial charge in [-0.05, 0) is 42.0 Å². The molecule has 10 heteroatoms. The van der Waals surface area contributed by atoms with Gasteiger partial charge in [0.1, 0.15) is 10.6 Å². The Morgan fingerprint density at radius 2 is 1.81 bits per heavy atom. The molecule has 0 radical (unpaired) electrons. The van der Waals surface area contributed by atoms with Crippen molar-refractivity contribution in [2.24, 2.45) is 5.14 Å². The van der Waals surface area contributed by atoms with Crippen LogP contribution in [0.25, 0.3) is 0 Å². The number of sulfonamides is 1. The van der Waals surface area contributed by atoms with Crippen LogP contribution >= 0.6 is 0 Å². The summed E-state index contributed by atoms with van der Waals surface area (Å²) in [5.74, 6) is 0.175. The van der Waals surface area contributed by atoms with E-state index in [1.807, 2.05) is 0 Å². The second-order valence-electron chi connectivity index (χ2n) is 6.66. The van der Waals surface area contributed by atoms with Crippen LogP contribution in [0.15, 0.2) is 65.6 Å². The Morgan fingerprint density at radius 3 is 2.52 bits per heavy atom. The highest BCUT2D eigenvalue weighted by Crippen LogP contribution is 2.38. The van der Waals surface area contributed by atoms with Gasteiger partial charge in [-0.3, -0.25) is 0 Å². The lowest BCUT2D eigenvalue weighted by Gasteiger charge is -2.17. The van der Waals surface area contributed by atoms with Gasteiger partial charge in [0.05, 0.1) is 11.3 Å². The van der Waals surface area contributed by atoms with Crippen molar-refractivity contribution in [3.05, 3.63) is 71.8 Å². The Kier molecular flexibility index (Phi) is 5.40. The van der Waals surface area contributed by atoms with E-state index in [1.54, 1.807) is 48.5 Å². The van der Waals surface area contributed by atoms with Gasteiger partial charge in [0.15, 0.2) is 17.2 Å². The van der Waals surface area contributed by atoms with Gasteiger partial charge in [-0.2, -0.15) is 0 Å². The predicted molar refractivity (Wildman–Crippen MR) is 111 cm³/mol. The van der Waals surface area contributed by atoms with Crippen LogP contribution in [0.2, 0.25) is 0 Å². The Bertz CT molecular complexity index is 1240. The van der Waals surface area contributed by atoms with Crippen molar-refractivity contribution in [1.82, 2.24) is 0 Å². The normalized spacial score (nSPS) is 12.4. The molecule has 4 N–H and O–H groups in total. The minimum absolute atomic E-state index is 0.0977. The first-order valence-corrected chi connectivity index (χ1v) is 10.7. The van der Waals surface area contributed by atoms with E-state index in [2.05, 4.69) is 5.32 Å². The highest BCUT2D eigenvalue weighted by molar-refractivity contribution is 7.89. The van der Waals surface area contributed by atoms with Crippen LogP contribution in [-0.4, -0.2) is 26.3 Å². The summed E-state index contributed by atoms with van der Waals surface area (Å²) < 4.78 is 40.9. The summed E-state index contributed by atoms with van der Waals surface area (Å²) in [4.78, 5) is 11.1. The Balaban J connectivity index is 1.74. The Morgan fingerprint density at radius 1 is 1.06 bits per heavy atom. The van der Waals surface area contributed by atoms with Gasteiger partial charge in [0.25, 0.3) is 0 Å². The predicted octanol–water partition coefficient (Wildman–Crippen LogP) is 3.17. The molecule has 3 aromatic carbocycles.